The molecule has 5 nitrogen and oxygen atoms in total. The fourth-order valence-electron chi connectivity index (χ4n) is 1.93. The summed E-state index contributed by atoms with van der Waals surface area (Å²) in [5.74, 6) is 0.439. The van der Waals surface area contributed by atoms with Gasteiger partial charge in [0.2, 0.25) is 0 Å². The molecule has 0 bridgehead atoms. The molecule has 0 amide bonds. The van der Waals surface area contributed by atoms with E-state index in [1.54, 1.807) is 0 Å². The fraction of sp³-hybridized carbons (Fsp3) is 0. The van der Waals surface area contributed by atoms with Gasteiger partial charge in [-0.1, -0.05) is 65.8 Å². The molecule has 0 aliphatic rings. The lowest BCUT2D eigenvalue weighted by molar-refractivity contribution is 0.881. The first kappa shape index (κ1) is 14.7. The van der Waals surface area contributed by atoms with Gasteiger partial charge in [0.1, 0.15) is 0 Å². The van der Waals surface area contributed by atoms with Gasteiger partial charge in [-0.25, -0.2) is 0 Å². The molecule has 0 aliphatic heterocycles. The van der Waals surface area contributed by atoms with Crippen molar-refractivity contribution in [3.8, 4) is 0 Å². The molecule has 1 heterocycles. The van der Waals surface area contributed by atoms with Crippen LogP contribution in [0.3, 0.4) is 0 Å². The highest BCUT2D eigenvalue weighted by molar-refractivity contribution is 5.80. The highest BCUT2D eigenvalue weighted by Crippen LogP contribution is 2.22. The van der Waals surface area contributed by atoms with Gasteiger partial charge in [0, 0.05) is 22.7 Å². The number of anilines is 1. The number of hydrogen-bond donors (Lipinski definition) is 2. The van der Waals surface area contributed by atoms with Gasteiger partial charge in [-0.15, -0.1) is 5.10 Å². The number of H-pyrrole nitrogens is 1. The Morgan fingerprint density at radius 2 is 1.48 bits per heavy atom. The Morgan fingerprint density at radius 1 is 0.905 bits per heavy atom. The van der Waals surface area contributed by atoms with E-state index in [0.717, 1.165) is 16.7 Å². The van der Waals surface area contributed by atoms with E-state index in [0.29, 0.717) is 5.95 Å². The van der Waals surface area contributed by atoms with Crippen molar-refractivity contribution in [2.75, 3.05) is 5.32 Å². The number of rotatable bonds is 4. The average molecular weight is 291 g/mol. The molecule has 0 atom stereocenters. The van der Waals surface area contributed by atoms with Crippen molar-refractivity contribution in [2.24, 2.45) is 0 Å². The summed E-state index contributed by atoms with van der Waals surface area (Å²) in [5.41, 5.74) is 3.31. The van der Waals surface area contributed by atoms with Gasteiger partial charge in [-0.2, -0.15) is 5.21 Å². The maximum Gasteiger partial charge on any atom is 0.267 e. The summed E-state index contributed by atoms with van der Waals surface area (Å²) in [5, 5.41) is 16.7. The zero-order valence-electron chi connectivity index (χ0n) is 11.2. The first-order chi connectivity index (χ1) is 9.93. The molecule has 0 aliphatic carbocycles. The van der Waals surface area contributed by atoms with Crippen molar-refractivity contribution in [1.82, 2.24) is 20.6 Å². The summed E-state index contributed by atoms with van der Waals surface area (Å²) in [6.07, 6.45) is 1.88. The van der Waals surface area contributed by atoms with Gasteiger partial charge in [-0.3, -0.25) is 0 Å². The summed E-state index contributed by atoms with van der Waals surface area (Å²) in [6.45, 7) is 0. The van der Waals surface area contributed by atoms with E-state index in [-0.39, 0.29) is 11.0 Å². The minimum Gasteiger partial charge on any atom is -0.328 e. The van der Waals surface area contributed by atoms with Crippen LogP contribution >= 0.6 is 0 Å². The monoisotopic (exact) mass is 291 g/mol. The zero-order valence-corrected chi connectivity index (χ0v) is 12.2. The lowest BCUT2D eigenvalue weighted by Crippen LogP contribution is -1.95. The van der Waals surface area contributed by atoms with E-state index in [1.807, 2.05) is 42.6 Å². The maximum atomic E-state index is 3.87. The molecule has 2 N–H and O–H groups in total. The van der Waals surface area contributed by atoms with E-state index in [9.17, 15) is 0 Å². The van der Waals surface area contributed by atoms with Crippen molar-refractivity contribution >= 4 is 22.5 Å². The van der Waals surface area contributed by atoms with Gasteiger partial charge in [0.15, 0.2) is 0 Å². The second-order valence-electron chi connectivity index (χ2n) is 4.17. The number of nitrogens with one attached hydrogen (secondary N) is 2. The van der Waals surface area contributed by atoms with E-state index in [4.69, 9.17) is 0 Å². The van der Waals surface area contributed by atoms with E-state index >= 15 is 0 Å². The molecular weight excluding hydrogens is 278 g/mol. The Labute approximate surface area is 127 Å². The first-order valence-electron chi connectivity index (χ1n) is 6.24. The molecule has 0 fully saturated rings. The Kier molecular flexibility index (Phi) is 5.00. The first-order valence-corrected chi connectivity index (χ1v) is 6.24. The fourth-order valence-corrected chi connectivity index (χ4v) is 1.93. The maximum absolute atomic E-state index is 3.87. The smallest absolute Gasteiger partial charge is 0.267 e. The lowest BCUT2D eigenvalue weighted by Gasteiger charge is -2.08. The number of hydrogen-bond acceptors (Lipinski definition) is 4. The van der Waals surface area contributed by atoms with Gasteiger partial charge in [0.05, 0.1) is 0 Å². The Hall–Kier alpha value is -2.73. The molecular formula is C15H13N5Si. The van der Waals surface area contributed by atoms with E-state index < -0.39 is 0 Å². The van der Waals surface area contributed by atoms with Gasteiger partial charge in [-0.05, 0) is 16.3 Å². The minimum absolute atomic E-state index is 0. The molecule has 21 heavy (non-hydrogen) atoms. The Balaban J connectivity index is 0.00000161. The van der Waals surface area contributed by atoms with Crippen LogP contribution in [-0.2, 0) is 0 Å². The molecule has 102 valence electrons. The lowest BCUT2D eigenvalue weighted by atomic mass is 9.99. The molecule has 0 spiro atoms. The molecule has 6 heteroatoms. The number of aromatic nitrogens is 4. The minimum atomic E-state index is 0. The van der Waals surface area contributed by atoms with Crippen molar-refractivity contribution in [3.63, 3.8) is 0 Å². The van der Waals surface area contributed by atoms with Crippen LogP contribution in [0.5, 0.6) is 0 Å². The Morgan fingerprint density at radius 3 is 1.95 bits per heavy atom. The largest absolute Gasteiger partial charge is 0.328 e. The van der Waals surface area contributed by atoms with Gasteiger partial charge < -0.3 is 5.32 Å². The van der Waals surface area contributed by atoms with Crippen LogP contribution in [0.25, 0.3) is 5.57 Å². The Bertz CT molecular complexity index is 639. The summed E-state index contributed by atoms with van der Waals surface area (Å²) >= 11 is 0. The van der Waals surface area contributed by atoms with Gasteiger partial charge in [0.25, 0.3) is 5.95 Å². The van der Waals surface area contributed by atoms with Crippen LogP contribution in [-0.4, -0.2) is 31.6 Å². The summed E-state index contributed by atoms with van der Waals surface area (Å²) < 4.78 is 0. The predicted octanol–water partition coefficient (Wildman–Crippen LogP) is 2.32. The molecule has 0 saturated carbocycles. The molecule has 3 rings (SSSR count). The average Bonchev–Trinajstić information content (AvgIpc) is 3.03. The topological polar surface area (TPSA) is 66.5 Å². The van der Waals surface area contributed by atoms with Crippen molar-refractivity contribution in [2.45, 2.75) is 0 Å². The molecule has 4 radical (unpaired) electrons. The second-order valence-corrected chi connectivity index (χ2v) is 4.17. The van der Waals surface area contributed by atoms with Gasteiger partial charge >= 0.3 is 0 Å². The molecule has 3 aromatic rings. The third kappa shape index (κ3) is 3.64. The summed E-state index contributed by atoms with van der Waals surface area (Å²) in [4.78, 5) is 0. The quantitative estimate of drug-likeness (QED) is 0.724. The van der Waals surface area contributed by atoms with Crippen molar-refractivity contribution < 1.29 is 0 Å². The zero-order chi connectivity index (χ0) is 13.6. The number of nitrogens with zero attached hydrogens (tertiary/aromatic N) is 3. The predicted molar refractivity (Wildman–Crippen MR) is 83.5 cm³/mol. The van der Waals surface area contributed by atoms with Crippen LogP contribution < -0.4 is 5.32 Å². The molecule has 1 aromatic heterocycles. The van der Waals surface area contributed by atoms with E-state index in [2.05, 4.69) is 50.2 Å². The van der Waals surface area contributed by atoms with Crippen LogP contribution in [0.2, 0.25) is 0 Å². The highest BCUT2D eigenvalue weighted by atomic mass is 28.1. The number of aromatic amines is 1. The van der Waals surface area contributed by atoms with Crippen molar-refractivity contribution in [3.05, 3.63) is 78.0 Å². The number of tetrazole rings is 1. The molecule has 0 saturated heterocycles. The van der Waals surface area contributed by atoms with Crippen molar-refractivity contribution in [1.29, 1.82) is 0 Å². The third-order valence-electron chi connectivity index (χ3n) is 2.86. The normalized spacial score (nSPS) is 9.52. The van der Waals surface area contributed by atoms with Crippen LogP contribution in [0.15, 0.2) is 66.9 Å². The van der Waals surface area contributed by atoms with Crippen LogP contribution in [0.4, 0.5) is 5.95 Å². The standard InChI is InChI=1S/C15H13N5.Si/c1-3-7-12(8-4-1)14(13-9-5-2-6-10-13)11-16-15-17-19-20-18-15;/h1-11H,(H2,16,17,18,19,20);. The number of benzene rings is 2. The van der Waals surface area contributed by atoms with Crippen LogP contribution in [0.1, 0.15) is 11.1 Å². The second kappa shape index (κ2) is 7.16. The molecule has 0 unspecified atom stereocenters. The molecule has 2 aromatic carbocycles. The van der Waals surface area contributed by atoms with Crippen LogP contribution in [0, 0.1) is 0 Å². The summed E-state index contributed by atoms with van der Waals surface area (Å²) in [6, 6.07) is 20.3. The highest BCUT2D eigenvalue weighted by Gasteiger charge is 2.04. The van der Waals surface area contributed by atoms with E-state index in [1.165, 1.54) is 0 Å². The third-order valence-corrected chi connectivity index (χ3v) is 2.86. The SMILES string of the molecule is C(Nc1nn[nH]n1)=C(c1ccccc1)c1ccccc1.[Si]. The summed E-state index contributed by atoms with van der Waals surface area (Å²) in [7, 11) is 0.